The molecule has 118 valence electrons. The molecule has 0 spiro atoms. The summed E-state index contributed by atoms with van der Waals surface area (Å²) >= 11 is 0. The van der Waals surface area contributed by atoms with E-state index in [9.17, 15) is 8.42 Å². The van der Waals surface area contributed by atoms with Crippen LogP contribution in [0.5, 0.6) is 0 Å². The lowest BCUT2D eigenvalue weighted by Crippen LogP contribution is -2.32. The standard InChI is InChI=1S/C15H24N2O3S/c1-3-15-13(7-8-20-15)10-17-21(18,19)14-6-4-5-12(9-14)11(2)16/h4-6,9,11,13,15,17H,3,7-8,10,16H2,1-2H3. The molecule has 0 saturated carbocycles. The van der Waals surface area contributed by atoms with Crippen LogP contribution in [0.4, 0.5) is 0 Å². The maximum Gasteiger partial charge on any atom is 0.240 e. The molecule has 3 unspecified atom stereocenters. The molecule has 3 N–H and O–H groups in total. The summed E-state index contributed by atoms with van der Waals surface area (Å²) in [5.41, 5.74) is 6.62. The molecule has 0 aromatic heterocycles. The smallest absolute Gasteiger partial charge is 0.240 e. The highest BCUT2D eigenvalue weighted by molar-refractivity contribution is 7.89. The lowest BCUT2D eigenvalue weighted by atomic mass is 10.0. The summed E-state index contributed by atoms with van der Waals surface area (Å²) < 4.78 is 33.0. The van der Waals surface area contributed by atoms with E-state index in [4.69, 9.17) is 10.5 Å². The zero-order valence-electron chi connectivity index (χ0n) is 12.6. The summed E-state index contributed by atoms with van der Waals surface area (Å²) in [6.07, 6.45) is 1.97. The molecule has 0 aliphatic carbocycles. The van der Waals surface area contributed by atoms with Crippen molar-refractivity contribution in [2.24, 2.45) is 11.7 Å². The van der Waals surface area contributed by atoms with Gasteiger partial charge >= 0.3 is 0 Å². The largest absolute Gasteiger partial charge is 0.378 e. The van der Waals surface area contributed by atoms with Crippen LogP contribution in [0.15, 0.2) is 29.2 Å². The van der Waals surface area contributed by atoms with Gasteiger partial charge in [-0.05, 0) is 37.5 Å². The third-order valence-corrected chi connectivity index (χ3v) is 5.40. The summed E-state index contributed by atoms with van der Waals surface area (Å²) in [4.78, 5) is 0.268. The molecule has 1 heterocycles. The Bertz CT molecular complexity index is 572. The van der Waals surface area contributed by atoms with Gasteiger partial charge in [-0.25, -0.2) is 13.1 Å². The average Bonchev–Trinajstić information content (AvgIpc) is 2.93. The number of nitrogens with one attached hydrogen (secondary N) is 1. The van der Waals surface area contributed by atoms with Gasteiger partial charge in [0, 0.05) is 25.1 Å². The van der Waals surface area contributed by atoms with E-state index in [1.807, 2.05) is 13.0 Å². The number of nitrogens with two attached hydrogens (primary N) is 1. The van der Waals surface area contributed by atoms with E-state index < -0.39 is 10.0 Å². The number of hydrogen-bond acceptors (Lipinski definition) is 4. The summed E-state index contributed by atoms with van der Waals surface area (Å²) in [6.45, 7) is 5.03. The minimum absolute atomic E-state index is 0.156. The van der Waals surface area contributed by atoms with Gasteiger partial charge in [0.05, 0.1) is 11.0 Å². The van der Waals surface area contributed by atoms with Crippen molar-refractivity contribution in [2.45, 2.75) is 43.7 Å². The molecule has 1 aliphatic rings. The molecule has 3 atom stereocenters. The fourth-order valence-electron chi connectivity index (χ4n) is 2.64. The summed E-state index contributed by atoms with van der Waals surface area (Å²) in [7, 11) is -3.50. The van der Waals surface area contributed by atoms with Gasteiger partial charge in [0.25, 0.3) is 0 Å². The number of ether oxygens (including phenoxy) is 1. The Balaban J connectivity index is 2.06. The van der Waals surface area contributed by atoms with Gasteiger partial charge in [-0.1, -0.05) is 19.1 Å². The highest BCUT2D eigenvalue weighted by Crippen LogP contribution is 2.23. The monoisotopic (exact) mass is 312 g/mol. The molecule has 6 heteroatoms. The van der Waals surface area contributed by atoms with E-state index in [0.717, 1.165) is 18.4 Å². The normalized spacial score (nSPS) is 24.1. The van der Waals surface area contributed by atoms with E-state index in [1.165, 1.54) is 0 Å². The maximum atomic E-state index is 12.4. The summed E-state index contributed by atoms with van der Waals surface area (Å²) in [5.74, 6) is 0.251. The molecule has 1 aromatic carbocycles. The Morgan fingerprint density at radius 1 is 1.48 bits per heavy atom. The lowest BCUT2D eigenvalue weighted by molar-refractivity contribution is 0.0884. The zero-order valence-corrected chi connectivity index (χ0v) is 13.4. The van der Waals surface area contributed by atoms with E-state index >= 15 is 0 Å². The fraction of sp³-hybridized carbons (Fsp3) is 0.600. The first kappa shape index (κ1) is 16.4. The lowest BCUT2D eigenvalue weighted by Gasteiger charge is -2.17. The van der Waals surface area contributed by atoms with Crippen LogP contribution < -0.4 is 10.5 Å². The predicted octanol–water partition coefficient (Wildman–Crippen LogP) is 1.80. The minimum atomic E-state index is -3.50. The summed E-state index contributed by atoms with van der Waals surface area (Å²) in [6, 6.07) is 6.60. The molecule has 0 bridgehead atoms. The second-order valence-electron chi connectivity index (χ2n) is 5.58. The van der Waals surface area contributed by atoms with Crippen LogP contribution in [-0.2, 0) is 14.8 Å². The van der Waals surface area contributed by atoms with Crippen molar-refractivity contribution in [3.8, 4) is 0 Å². The molecule has 1 aliphatic heterocycles. The van der Waals surface area contributed by atoms with Crippen molar-refractivity contribution < 1.29 is 13.2 Å². The topological polar surface area (TPSA) is 81.4 Å². The second-order valence-corrected chi connectivity index (χ2v) is 7.35. The fourth-order valence-corrected chi connectivity index (χ4v) is 3.79. The number of benzene rings is 1. The van der Waals surface area contributed by atoms with Crippen LogP contribution in [0.3, 0.4) is 0 Å². The van der Waals surface area contributed by atoms with Gasteiger partial charge in [-0.15, -0.1) is 0 Å². The van der Waals surface area contributed by atoms with Gasteiger partial charge in [0.2, 0.25) is 10.0 Å². The van der Waals surface area contributed by atoms with Gasteiger partial charge in [0.15, 0.2) is 0 Å². The van der Waals surface area contributed by atoms with Crippen molar-refractivity contribution in [3.05, 3.63) is 29.8 Å². The number of hydrogen-bond donors (Lipinski definition) is 2. The van der Waals surface area contributed by atoms with Gasteiger partial charge in [0.1, 0.15) is 0 Å². The molecular weight excluding hydrogens is 288 g/mol. The van der Waals surface area contributed by atoms with Gasteiger partial charge in [-0.2, -0.15) is 0 Å². The van der Waals surface area contributed by atoms with Crippen LogP contribution in [0.2, 0.25) is 0 Å². The first-order chi connectivity index (χ1) is 9.94. The van der Waals surface area contributed by atoms with E-state index in [0.29, 0.717) is 13.2 Å². The summed E-state index contributed by atoms with van der Waals surface area (Å²) in [5, 5.41) is 0. The number of rotatable bonds is 6. The molecule has 5 nitrogen and oxygen atoms in total. The highest BCUT2D eigenvalue weighted by Gasteiger charge is 2.28. The third kappa shape index (κ3) is 4.03. The van der Waals surface area contributed by atoms with E-state index in [1.54, 1.807) is 18.2 Å². The zero-order chi connectivity index (χ0) is 15.5. The van der Waals surface area contributed by atoms with E-state index in [-0.39, 0.29) is 23.0 Å². The van der Waals surface area contributed by atoms with Crippen LogP contribution >= 0.6 is 0 Å². The van der Waals surface area contributed by atoms with Crippen molar-refractivity contribution in [3.63, 3.8) is 0 Å². The number of sulfonamides is 1. The van der Waals surface area contributed by atoms with Crippen LogP contribution in [0.25, 0.3) is 0 Å². The predicted molar refractivity (Wildman–Crippen MR) is 82.4 cm³/mol. The average molecular weight is 312 g/mol. The Morgan fingerprint density at radius 3 is 2.90 bits per heavy atom. The maximum absolute atomic E-state index is 12.4. The third-order valence-electron chi connectivity index (χ3n) is 3.98. The molecule has 0 amide bonds. The van der Waals surface area contributed by atoms with Crippen LogP contribution in [0.1, 0.15) is 38.3 Å². The first-order valence-electron chi connectivity index (χ1n) is 7.41. The highest BCUT2D eigenvalue weighted by atomic mass is 32.2. The molecule has 2 rings (SSSR count). The quantitative estimate of drug-likeness (QED) is 0.839. The van der Waals surface area contributed by atoms with Crippen molar-refractivity contribution in [1.29, 1.82) is 0 Å². The Kier molecular flexibility index (Phi) is 5.37. The second kappa shape index (κ2) is 6.87. The van der Waals surface area contributed by atoms with Crippen LogP contribution in [-0.4, -0.2) is 27.7 Å². The Labute approximate surface area is 126 Å². The van der Waals surface area contributed by atoms with Crippen molar-refractivity contribution >= 4 is 10.0 Å². The Morgan fingerprint density at radius 2 is 2.24 bits per heavy atom. The molecule has 1 aromatic rings. The molecular formula is C15H24N2O3S. The molecule has 21 heavy (non-hydrogen) atoms. The molecule has 0 radical (unpaired) electrons. The van der Waals surface area contributed by atoms with Gasteiger partial charge in [-0.3, -0.25) is 0 Å². The van der Waals surface area contributed by atoms with Gasteiger partial charge < -0.3 is 10.5 Å². The minimum Gasteiger partial charge on any atom is -0.378 e. The van der Waals surface area contributed by atoms with E-state index in [2.05, 4.69) is 11.6 Å². The molecule has 1 saturated heterocycles. The van der Waals surface area contributed by atoms with Crippen molar-refractivity contribution in [1.82, 2.24) is 4.72 Å². The van der Waals surface area contributed by atoms with Crippen molar-refractivity contribution in [2.75, 3.05) is 13.2 Å². The SMILES string of the molecule is CCC1OCCC1CNS(=O)(=O)c1cccc(C(C)N)c1. The Hall–Kier alpha value is -0.950. The van der Waals surface area contributed by atoms with Crippen LogP contribution in [0, 0.1) is 5.92 Å². The molecule has 1 fully saturated rings. The first-order valence-corrected chi connectivity index (χ1v) is 8.89.